The zero-order valence-electron chi connectivity index (χ0n) is 36.2. The Morgan fingerprint density at radius 1 is 0.569 bits per heavy atom. The van der Waals surface area contributed by atoms with Crippen LogP contribution in [0.4, 0.5) is 0 Å². The first-order valence-corrected chi connectivity index (χ1v) is 24.5. The zero-order chi connectivity index (χ0) is 42.7. The molecule has 1 aliphatic rings. The van der Waals surface area contributed by atoms with Crippen LogP contribution in [0.3, 0.4) is 0 Å². The molecule has 1 fully saturated rings. The van der Waals surface area contributed by atoms with Gasteiger partial charge in [0, 0.05) is 12.8 Å². The highest BCUT2D eigenvalue weighted by Gasteiger charge is 2.46. The zero-order valence-corrected chi connectivity index (χ0v) is 37.0. The van der Waals surface area contributed by atoms with Crippen molar-refractivity contribution in [3.05, 3.63) is 24.3 Å². The summed E-state index contributed by atoms with van der Waals surface area (Å²) in [6.07, 6.45) is 29.5. The standard InChI is InChI=1S/C45H82O12S/c1-3-5-7-9-11-13-15-17-19-21-23-25-27-29-31-33-40(46)54-35-38(36-55-45-44(50)43(49)42(48)39(57-45)37-58(51,52)53)56-41(47)34-32-30-28-26-24-22-20-18-16-14-12-10-8-6-4-2/h23,25,28,30,38-39,42-45,48-50H,3-22,24,26-27,29,31-37H2,1-2H3,(H,51,52,53)/b25-23+,30-28+/t38-,39-,42-,43?,44?,45+/m1/s1. The molecule has 1 aliphatic heterocycles. The van der Waals surface area contributed by atoms with Crippen molar-refractivity contribution < 1.29 is 56.8 Å². The molecule has 0 radical (unpaired) electrons. The molecule has 6 atom stereocenters. The summed E-state index contributed by atoms with van der Waals surface area (Å²) in [5.41, 5.74) is 0. The molecular formula is C45H82O12S. The molecular weight excluding hydrogens is 765 g/mol. The van der Waals surface area contributed by atoms with E-state index in [-0.39, 0.29) is 19.4 Å². The number of aliphatic hydroxyl groups excluding tert-OH is 3. The minimum Gasteiger partial charge on any atom is -0.462 e. The van der Waals surface area contributed by atoms with Crippen LogP contribution >= 0.6 is 0 Å². The second-order valence-electron chi connectivity index (χ2n) is 16.1. The number of aliphatic hydroxyl groups is 3. The normalized spacial score (nSPS) is 20.6. The molecule has 2 unspecified atom stereocenters. The van der Waals surface area contributed by atoms with Crippen molar-refractivity contribution in [3.8, 4) is 0 Å². The van der Waals surface area contributed by atoms with Gasteiger partial charge >= 0.3 is 11.9 Å². The summed E-state index contributed by atoms with van der Waals surface area (Å²) in [6, 6.07) is 0. The third kappa shape index (κ3) is 30.2. The summed E-state index contributed by atoms with van der Waals surface area (Å²) in [7, 11) is -4.61. The molecule has 0 aromatic carbocycles. The van der Waals surface area contributed by atoms with Crippen LogP contribution in [0.2, 0.25) is 0 Å². The van der Waals surface area contributed by atoms with Crippen molar-refractivity contribution in [1.29, 1.82) is 0 Å². The molecule has 0 aliphatic carbocycles. The second kappa shape index (κ2) is 35.8. The maximum absolute atomic E-state index is 12.8. The minimum absolute atomic E-state index is 0.0791. The monoisotopic (exact) mass is 847 g/mol. The highest BCUT2D eigenvalue weighted by Crippen LogP contribution is 2.24. The maximum Gasteiger partial charge on any atom is 0.306 e. The van der Waals surface area contributed by atoms with E-state index in [1.165, 1.54) is 122 Å². The van der Waals surface area contributed by atoms with Crippen LogP contribution < -0.4 is 0 Å². The first kappa shape index (κ1) is 54.1. The minimum atomic E-state index is -4.61. The van der Waals surface area contributed by atoms with Crippen molar-refractivity contribution in [1.82, 2.24) is 0 Å². The molecule has 58 heavy (non-hydrogen) atoms. The lowest BCUT2D eigenvalue weighted by molar-refractivity contribution is -0.297. The number of carbonyl (C=O) groups is 2. The lowest BCUT2D eigenvalue weighted by Gasteiger charge is -2.40. The number of hydrogen-bond acceptors (Lipinski definition) is 11. The van der Waals surface area contributed by atoms with E-state index in [0.717, 1.165) is 32.1 Å². The Morgan fingerprint density at radius 3 is 1.50 bits per heavy atom. The van der Waals surface area contributed by atoms with Crippen molar-refractivity contribution in [2.45, 2.75) is 230 Å². The van der Waals surface area contributed by atoms with E-state index in [9.17, 15) is 37.9 Å². The van der Waals surface area contributed by atoms with Gasteiger partial charge in [-0.25, -0.2) is 0 Å². The Labute approximate surface area is 351 Å². The highest BCUT2D eigenvalue weighted by molar-refractivity contribution is 7.85. The van der Waals surface area contributed by atoms with Crippen molar-refractivity contribution in [2.24, 2.45) is 0 Å². The summed E-state index contributed by atoms with van der Waals surface area (Å²) in [6.45, 7) is 3.71. The van der Waals surface area contributed by atoms with E-state index < -0.39 is 71.2 Å². The molecule has 0 aromatic rings. The van der Waals surface area contributed by atoms with Crippen LogP contribution in [-0.4, -0.2) is 96.0 Å². The Bertz CT molecular complexity index is 1180. The van der Waals surface area contributed by atoms with Crippen molar-refractivity contribution >= 4 is 22.1 Å². The van der Waals surface area contributed by atoms with Gasteiger partial charge in [-0.05, 0) is 51.4 Å². The quantitative estimate of drug-likeness (QED) is 0.0200. The molecule has 12 nitrogen and oxygen atoms in total. The van der Waals surface area contributed by atoms with Crippen molar-refractivity contribution in [2.75, 3.05) is 19.0 Å². The average Bonchev–Trinajstić information content (AvgIpc) is 3.18. The molecule has 340 valence electrons. The van der Waals surface area contributed by atoms with Crippen molar-refractivity contribution in [3.63, 3.8) is 0 Å². The highest BCUT2D eigenvalue weighted by atomic mass is 32.2. The second-order valence-corrected chi connectivity index (χ2v) is 17.6. The Kier molecular flexibility index (Phi) is 33.5. The van der Waals surface area contributed by atoms with Gasteiger partial charge in [0.2, 0.25) is 0 Å². The lowest BCUT2D eigenvalue weighted by atomic mass is 10.00. The summed E-state index contributed by atoms with van der Waals surface area (Å²) in [4.78, 5) is 25.3. The molecule has 0 saturated carbocycles. The van der Waals surface area contributed by atoms with Crippen LogP contribution in [0.15, 0.2) is 24.3 Å². The van der Waals surface area contributed by atoms with E-state index in [1.807, 2.05) is 6.08 Å². The molecule has 1 rings (SSSR count). The summed E-state index contributed by atoms with van der Waals surface area (Å²) in [5, 5.41) is 30.9. The Hall–Kier alpha value is -1.87. The fourth-order valence-electron chi connectivity index (χ4n) is 6.92. The molecule has 1 saturated heterocycles. The van der Waals surface area contributed by atoms with Crippen LogP contribution in [0.5, 0.6) is 0 Å². The number of hydrogen-bond donors (Lipinski definition) is 4. The molecule has 1 heterocycles. The SMILES string of the molecule is CCCCCCCCCCC/C=C/CCCCC(=O)OC[C@H](CO[C@H]1O[C@H](CS(=O)(=O)O)[C@@H](O)C(O)C1O)OC(=O)CC/C=C/CCCCCCCCCCCCC. The van der Waals surface area contributed by atoms with Gasteiger partial charge in [-0.1, -0.05) is 154 Å². The molecule has 0 spiro atoms. The lowest BCUT2D eigenvalue weighted by Crippen LogP contribution is -2.60. The summed E-state index contributed by atoms with van der Waals surface area (Å²) >= 11 is 0. The van der Waals surface area contributed by atoms with Gasteiger partial charge < -0.3 is 34.3 Å². The number of rotatable bonds is 38. The molecule has 0 amide bonds. The Morgan fingerprint density at radius 2 is 1.02 bits per heavy atom. The Balaban J connectivity index is 2.48. The number of allylic oxidation sites excluding steroid dienone is 4. The van der Waals surface area contributed by atoms with Crippen LogP contribution in [0.25, 0.3) is 0 Å². The molecule has 0 aromatic heterocycles. The topological polar surface area (TPSA) is 186 Å². The van der Waals surface area contributed by atoms with Gasteiger partial charge in [-0.15, -0.1) is 0 Å². The van der Waals surface area contributed by atoms with Gasteiger partial charge in [0.1, 0.15) is 36.8 Å². The smallest absolute Gasteiger partial charge is 0.306 e. The molecule has 4 N–H and O–H groups in total. The van der Waals surface area contributed by atoms with E-state index in [0.29, 0.717) is 12.8 Å². The third-order valence-corrected chi connectivity index (χ3v) is 11.3. The number of carbonyl (C=O) groups excluding carboxylic acids is 2. The fourth-order valence-corrected chi connectivity index (χ4v) is 7.62. The summed E-state index contributed by atoms with van der Waals surface area (Å²) < 4.78 is 54.0. The van der Waals surface area contributed by atoms with Gasteiger partial charge in [0.05, 0.1) is 6.61 Å². The maximum atomic E-state index is 12.8. The van der Waals surface area contributed by atoms with Crippen LogP contribution in [-0.2, 0) is 38.7 Å². The average molecular weight is 847 g/mol. The van der Waals surface area contributed by atoms with Gasteiger partial charge in [0.25, 0.3) is 10.1 Å². The van der Waals surface area contributed by atoms with E-state index in [2.05, 4.69) is 32.1 Å². The van der Waals surface area contributed by atoms with Gasteiger partial charge in [-0.3, -0.25) is 14.1 Å². The van der Waals surface area contributed by atoms with Gasteiger partial charge in [0.15, 0.2) is 12.4 Å². The van der Waals surface area contributed by atoms with Gasteiger partial charge in [-0.2, -0.15) is 8.42 Å². The largest absolute Gasteiger partial charge is 0.462 e. The van der Waals surface area contributed by atoms with E-state index in [4.69, 9.17) is 18.9 Å². The van der Waals surface area contributed by atoms with Crippen LogP contribution in [0.1, 0.15) is 194 Å². The first-order chi connectivity index (χ1) is 28.0. The first-order valence-electron chi connectivity index (χ1n) is 22.9. The fraction of sp³-hybridized carbons (Fsp3) is 0.867. The molecule has 0 bridgehead atoms. The van der Waals surface area contributed by atoms with E-state index >= 15 is 0 Å². The van der Waals surface area contributed by atoms with Crippen LogP contribution in [0, 0.1) is 0 Å². The van der Waals surface area contributed by atoms with E-state index in [1.54, 1.807) is 0 Å². The predicted octanol–water partition coefficient (Wildman–Crippen LogP) is 9.23. The third-order valence-electron chi connectivity index (χ3n) is 10.5. The summed E-state index contributed by atoms with van der Waals surface area (Å²) in [5.74, 6) is -2.07. The number of esters is 2. The predicted molar refractivity (Wildman–Crippen MR) is 229 cm³/mol. The number of ether oxygens (including phenoxy) is 4. The molecule has 13 heteroatoms. The number of unbranched alkanes of at least 4 members (excludes halogenated alkanes) is 22.